The molecule has 9 heteroatoms. The molecule has 0 aromatic rings. The highest BCUT2D eigenvalue weighted by molar-refractivity contribution is 7.50. The Kier molecular flexibility index (Phi) is 23.7. The van der Waals surface area contributed by atoms with Gasteiger partial charge in [0.1, 0.15) is 6.61 Å². The van der Waals surface area contributed by atoms with Gasteiger partial charge in [0.2, 0.25) is 0 Å². The fourth-order valence-corrected chi connectivity index (χ4v) is 4.35. The molecular formula is C27H54NO7P. The molecule has 0 aromatic heterocycles. The van der Waals surface area contributed by atoms with Gasteiger partial charge in [0.05, 0.1) is 6.61 Å². The number of ether oxygens (including phenoxy) is 2. The van der Waals surface area contributed by atoms with E-state index in [9.17, 15) is 19.0 Å². The van der Waals surface area contributed by atoms with Crippen LogP contribution in [0.2, 0.25) is 0 Å². The number of esters is 2. The van der Waals surface area contributed by atoms with Crippen LogP contribution in [0.3, 0.4) is 0 Å². The van der Waals surface area contributed by atoms with Crippen molar-refractivity contribution in [1.82, 2.24) is 0 Å². The lowest BCUT2D eigenvalue weighted by atomic mass is 10.1. The highest BCUT2D eigenvalue weighted by atomic mass is 31.2. The van der Waals surface area contributed by atoms with E-state index in [0.717, 1.165) is 38.5 Å². The summed E-state index contributed by atoms with van der Waals surface area (Å²) in [6.45, 7) is 3.79. The summed E-state index contributed by atoms with van der Waals surface area (Å²) in [5.74, 6) is -0.816. The predicted molar refractivity (Wildman–Crippen MR) is 144 cm³/mol. The summed E-state index contributed by atoms with van der Waals surface area (Å²) < 4.78 is 26.5. The largest absolute Gasteiger partial charge is 0.462 e. The normalized spacial score (nSPS) is 13.8. The van der Waals surface area contributed by atoms with E-state index in [2.05, 4.69) is 13.8 Å². The van der Waals surface area contributed by atoms with Crippen molar-refractivity contribution >= 4 is 19.7 Å². The number of carbonyl (C=O) groups excluding carboxylic acids is 2. The number of unbranched alkanes of at least 4 members (excludes halogenated alkanes) is 16. The molecule has 0 rings (SSSR count). The van der Waals surface area contributed by atoms with Crippen LogP contribution in [0.4, 0.5) is 0 Å². The highest BCUT2D eigenvalue weighted by Crippen LogP contribution is 2.31. The first-order valence-electron chi connectivity index (χ1n) is 14.4. The van der Waals surface area contributed by atoms with Crippen LogP contribution < -0.4 is 5.50 Å². The summed E-state index contributed by atoms with van der Waals surface area (Å²) in [4.78, 5) is 33.4. The molecule has 0 aliphatic carbocycles. The molecule has 0 spiro atoms. The quantitative estimate of drug-likeness (QED) is 0.0668. The molecule has 0 fully saturated rings. The lowest BCUT2D eigenvalue weighted by molar-refractivity contribution is -0.161. The Balaban J connectivity index is 4.08. The van der Waals surface area contributed by atoms with Crippen molar-refractivity contribution in [3.8, 4) is 0 Å². The molecule has 1 unspecified atom stereocenters. The molecule has 2 atom stereocenters. The van der Waals surface area contributed by atoms with E-state index < -0.39 is 26.4 Å². The maximum atomic E-state index is 12.2. The van der Waals surface area contributed by atoms with Crippen LogP contribution in [0, 0.1) is 0 Å². The van der Waals surface area contributed by atoms with Gasteiger partial charge in [-0.1, -0.05) is 117 Å². The monoisotopic (exact) mass is 535 g/mol. The van der Waals surface area contributed by atoms with Crippen LogP contribution in [0.5, 0.6) is 0 Å². The molecule has 36 heavy (non-hydrogen) atoms. The minimum absolute atomic E-state index is 0.222. The Morgan fingerprint density at radius 3 is 1.47 bits per heavy atom. The van der Waals surface area contributed by atoms with E-state index in [1.807, 2.05) is 0 Å². The maximum Gasteiger partial charge on any atom is 0.400 e. The molecule has 0 amide bonds. The van der Waals surface area contributed by atoms with E-state index in [1.54, 1.807) is 0 Å². The fraction of sp³-hybridized carbons (Fsp3) is 0.926. The number of carbonyl (C=O) groups is 2. The molecule has 0 aliphatic rings. The summed E-state index contributed by atoms with van der Waals surface area (Å²) in [5, 5.41) is 0. The minimum Gasteiger partial charge on any atom is -0.462 e. The topological polar surface area (TPSA) is 125 Å². The molecule has 214 valence electrons. The average molecular weight is 536 g/mol. The molecular weight excluding hydrogens is 481 g/mol. The van der Waals surface area contributed by atoms with E-state index in [-0.39, 0.29) is 19.0 Å². The zero-order chi connectivity index (χ0) is 26.9. The van der Waals surface area contributed by atoms with Gasteiger partial charge in [-0.2, -0.15) is 0 Å². The van der Waals surface area contributed by atoms with Crippen LogP contribution in [0.25, 0.3) is 0 Å². The molecule has 0 aliphatic heterocycles. The molecule has 0 radical (unpaired) electrons. The lowest BCUT2D eigenvalue weighted by Crippen LogP contribution is -2.29. The van der Waals surface area contributed by atoms with E-state index in [1.165, 1.54) is 77.0 Å². The highest BCUT2D eigenvalue weighted by Gasteiger charge is 2.21. The van der Waals surface area contributed by atoms with Gasteiger partial charge in [-0.15, -0.1) is 0 Å². The van der Waals surface area contributed by atoms with Crippen LogP contribution in [-0.4, -0.2) is 36.1 Å². The van der Waals surface area contributed by atoms with Crippen LogP contribution in [0.15, 0.2) is 0 Å². The number of hydrogen-bond donors (Lipinski definition) is 2. The summed E-state index contributed by atoms with van der Waals surface area (Å²) in [5.41, 5.74) is 5.02. The first-order chi connectivity index (χ1) is 17.3. The molecule has 0 saturated heterocycles. The summed E-state index contributed by atoms with van der Waals surface area (Å²) >= 11 is 0. The smallest absolute Gasteiger partial charge is 0.400 e. The van der Waals surface area contributed by atoms with Crippen molar-refractivity contribution in [3.63, 3.8) is 0 Å². The Bertz CT molecular complexity index is 582. The molecule has 0 bridgehead atoms. The van der Waals surface area contributed by atoms with Gasteiger partial charge in [0.25, 0.3) is 0 Å². The van der Waals surface area contributed by atoms with Gasteiger partial charge in [0.15, 0.2) is 6.10 Å². The zero-order valence-corrected chi connectivity index (χ0v) is 23.9. The third-order valence-corrected chi connectivity index (χ3v) is 6.66. The molecule has 0 saturated carbocycles. The predicted octanol–water partition coefficient (Wildman–Crippen LogP) is 7.36. The zero-order valence-electron chi connectivity index (χ0n) is 23.1. The van der Waals surface area contributed by atoms with Crippen LogP contribution in [0.1, 0.15) is 142 Å². The van der Waals surface area contributed by atoms with Crippen molar-refractivity contribution in [2.45, 2.75) is 148 Å². The first kappa shape index (κ1) is 35.0. The standard InChI is InChI=1S/C27H54NO7P/c1-3-5-7-9-11-13-15-17-19-21-26(29)33-23-25(24-34-36(28,31)32)35-27(30)22-20-18-16-14-12-10-8-6-4-2/h25H,3-24H2,1-2H3,(H3,28,31,32)/t25-/m1/s1. The second kappa shape index (κ2) is 24.4. The number of nitrogens with two attached hydrogens (primary N) is 1. The van der Waals surface area contributed by atoms with Crippen molar-refractivity contribution < 1.29 is 33.0 Å². The second-order valence-electron chi connectivity index (χ2n) is 9.81. The maximum absolute atomic E-state index is 12.2. The Hall–Kier alpha value is -0.950. The number of hydrogen-bond acceptors (Lipinski definition) is 6. The molecule has 3 N–H and O–H groups in total. The summed E-state index contributed by atoms with van der Waals surface area (Å²) in [6.07, 6.45) is 20.2. The Morgan fingerprint density at radius 1 is 0.667 bits per heavy atom. The van der Waals surface area contributed by atoms with Crippen LogP contribution in [-0.2, 0) is 28.2 Å². The van der Waals surface area contributed by atoms with E-state index in [0.29, 0.717) is 6.42 Å². The van der Waals surface area contributed by atoms with Gasteiger partial charge in [-0.25, -0.2) is 10.1 Å². The fourth-order valence-electron chi connectivity index (χ4n) is 3.97. The minimum atomic E-state index is -4.22. The van der Waals surface area contributed by atoms with Crippen molar-refractivity contribution in [1.29, 1.82) is 0 Å². The molecule has 8 nitrogen and oxygen atoms in total. The SMILES string of the molecule is CCCCCCCCCCCC(=O)OC[C@H](COP(N)(=O)O)OC(=O)CCCCCCCCCCC. The van der Waals surface area contributed by atoms with Gasteiger partial charge >= 0.3 is 19.7 Å². The average Bonchev–Trinajstić information content (AvgIpc) is 2.83. The summed E-state index contributed by atoms with van der Waals surface area (Å²) in [7, 11) is -4.22. The van der Waals surface area contributed by atoms with Gasteiger partial charge in [-0.3, -0.25) is 14.1 Å². The van der Waals surface area contributed by atoms with E-state index in [4.69, 9.17) is 19.5 Å². The van der Waals surface area contributed by atoms with Gasteiger partial charge < -0.3 is 14.4 Å². The molecule has 0 heterocycles. The van der Waals surface area contributed by atoms with Crippen molar-refractivity contribution in [3.05, 3.63) is 0 Å². The second-order valence-corrected chi connectivity index (χ2v) is 11.2. The third kappa shape index (κ3) is 26.1. The van der Waals surface area contributed by atoms with Gasteiger partial charge in [-0.05, 0) is 12.8 Å². The van der Waals surface area contributed by atoms with Crippen molar-refractivity contribution in [2.24, 2.45) is 5.50 Å². The lowest BCUT2D eigenvalue weighted by Gasteiger charge is -2.18. The third-order valence-electron chi connectivity index (χ3n) is 6.14. The molecule has 0 aromatic carbocycles. The Morgan fingerprint density at radius 2 is 1.06 bits per heavy atom. The van der Waals surface area contributed by atoms with Gasteiger partial charge in [0, 0.05) is 12.8 Å². The number of rotatable bonds is 26. The van der Waals surface area contributed by atoms with Crippen molar-refractivity contribution in [2.75, 3.05) is 13.2 Å². The van der Waals surface area contributed by atoms with E-state index >= 15 is 0 Å². The summed E-state index contributed by atoms with van der Waals surface area (Å²) in [6, 6.07) is 0. The van der Waals surface area contributed by atoms with Crippen LogP contribution >= 0.6 is 7.75 Å². The first-order valence-corrected chi connectivity index (χ1v) is 16.0. The Labute approximate surface area is 220 Å².